The number of rotatable bonds is 7. The van der Waals surface area contributed by atoms with Crippen LogP contribution in [0.5, 0.6) is 0 Å². The average molecular weight is 555 g/mol. The first-order valence-corrected chi connectivity index (χ1v) is 12.6. The molecule has 1 N–H and O–H groups in total. The number of nitrogens with one attached hydrogen (secondary N) is 1. The molecule has 0 spiro atoms. The minimum absolute atomic E-state index is 0.0281. The Bertz CT molecular complexity index is 1410. The third-order valence-corrected chi connectivity index (χ3v) is 6.83. The number of anilines is 1. The predicted molar refractivity (Wildman–Crippen MR) is 145 cm³/mol. The number of carbonyl (C=O) groups excluding carboxylic acids is 4. The summed E-state index contributed by atoms with van der Waals surface area (Å²) in [6.45, 7) is 1.53. The van der Waals surface area contributed by atoms with E-state index in [-0.39, 0.29) is 17.0 Å². The summed E-state index contributed by atoms with van der Waals surface area (Å²) in [4.78, 5) is 51.0. The topological polar surface area (TPSA) is 92.8 Å². The van der Waals surface area contributed by atoms with E-state index in [4.69, 9.17) is 27.9 Å². The van der Waals surface area contributed by atoms with E-state index in [1.807, 2.05) is 19.1 Å². The highest BCUT2D eigenvalue weighted by Crippen LogP contribution is 2.34. The molecule has 3 aromatic rings. The molecule has 1 fully saturated rings. The second-order valence-electron chi connectivity index (χ2n) is 8.12. The molecule has 0 aliphatic carbocycles. The summed E-state index contributed by atoms with van der Waals surface area (Å²) in [5.41, 5.74) is 3.13. The molecule has 1 heterocycles. The summed E-state index contributed by atoms with van der Waals surface area (Å²) in [5.74, 6) is -1.56. The van der Waals surface area contributed by atoms with Gasteiger partial charge < -0.3 is 10.1 Å². The summed E-state index contributed by atoms with van der Waals surface area (Å²) < 4.78 is 5.08. The van der Waals surface area contributed by atoms with Gasteiger partial charge in [-0.05, 0) is 72.3 Å². The molecule has 3 amide bonds. The van der Waals surface area contributed by atoms with Gasteiger partial charge in [-0.3, -0.25) is 19.3 Å². The second-order valence-corrected chi connectivity index (χ2v) is 9.95. The second kappa shape index (κ2) is 11.6. The lowest BCUT2D eigenvalue weighted by Gasteiger charge is -2.13. The molecule has 4 rings (SSSR count). The molecular weight excluding hydrogens is 535 g/mol. The number of ether oxygens (including phenoxy) is 1. The fraction of sp³-hybridized carbons (Fsp3) is 0.111. The molecule has 1 aliphatic heterocycles. The maximum absolute atomic E-state index is 12.8. The Kier molecular flexibility index (Phi) is 8.33. The summed E-state index contributed by atoms with van der Waals surface area (Å²) in [6, 6.07) is 18.4. The lowest BCUT2D eigenvalue weighted by molar-refractivity contribution is -0.123. The minimum atomic E-state index is -0.661. The van der Waals surface area contributed by atoms with Gasteiger partial charge in [0, 0.05) is 15.7 Å². The number of hydrogen-bond donors (Lipinski definition) is 1. The van der Waals surface area contributed by atoms with E-state index in [1.165, 1.54) is 12.1 Å². The van der Waals surface area contributed by atoms with Crippen molar-refractivity contribution in [2.24, 2.45) is 0 Å². The van der Waals surface area contributed by atoms with Crippen molar-refractivity contribution in [1.82, 2.24) is 4.90 Å². The van der Waals surface area contributed by atoms with Gasteiger partial charge in [0.15, 0.2) is 6.61 Å². The van der Waals surface area contributed by atoms with Gasteiger partial charge >= 0.3 is 5.97 Å². The molecule has 1 aliphatic rings. The fourth-order valence-corrected chi connectivity index (χ4v) is 4.68. The monoisotopic (exact) mass is 554 g/mol. The zero-order valence-electron chi connectivity index (χ0n) is 19.5. The molecule has 188 valence electrons. The number of thioether (sulfide) groups is 1. The standard InChI is InChI=1S/C27H20Cl2N2O5S/c1-16-2-10-21(11-3-16)30-24(32)15-36-26(34)18-6-4-17(5-7-18)12-23-25(33)31(27(35)37-23)14-19-8-9-20(28)13-22(19)29/h2-13H,14-15H2,1H3,(H,30,32)/b23-12-. The summed E-state index contributed by atoms with van der Waals surface area (Å²) in [5, 5.41) is 3.07. The van der Waals surface area contributed by atoms with Crippen LogP contribution in [0.4, 0.5) is 10.5 Å². The van der Waals surface area contributed by atoms with Crippen molar-refractivity contribution in [3.8, 4) is 0 Å². The van der Waals surface area contributed by atoms with E-state index in [9.17, 15) is 19.2 Å². The number of halogens is 2. The maximum atomic E-state index is 12.8. The third-order valence-electron chi connectivity index (χ3n) is 5.33. The van der Waals surface area contributed by atoms with Crippen LogP contribution in [-0.2, 0) is 20.9 Å². The zero-order valence-corrected chi connectivity index (χ0v) is 21.8. The first kappa shape index (κ1) is 26.5. The quantitative estimate of drug-likeness (QED) is 0.271. The smallest absolute Gasteiger partial charge is 0.338 e. The van der Waals surface area contributed by atoms with Crippen LogP contribution in [-0.4, -0.2) is 34.5 Å². The van der Waals surface area contributed by atoms with E-state index >= 15 is 0 Å². The molecule has 0 unspecified atom stereocenters. The number of amides is 3. The van der Waals surface area contributed by atoms with Crippen LogP contribution in [0.3, 0.4) is 0 Å². The van der Waals surface area contributed by atoms with Crippen molar-refractivity contribution in [2.75, 3.05) is 11.9 Å². The SMILES string of the molecule is Cc1ccc(NC(=O)COC(=O)c2ccc(/C=C3\SC(=O)N(Cc4ccc(Cl)cc4Cl)C3=O)cc2)cc1. The Morgan fingerprint density at radius 2 is 1.70 bits per heavy atom. The van der Waals surface area contributed by atoms with Gasteiger partial charge in [0.1, 0.15) is 0 Å². The van der Waals surface area contributed by atoms with Crippen LogP contribution in [0.2, 0.25) is 10.0 Å². The summed E-state index contributed by atoms with van der Waals surface area (Å²) in [7, 11) is 0. The van der Waals surface area contributed by atoms with Crippen LogP contribution in [0.25, 0.3) is 6.08 Å². The molecule has 10 heteroatoms. The first-order chi connectivity index (χ1) is 17.7. The highest BCUT2D eigenvalue weighted by atomic mass is 35.5. The minimum Gasteiger partial charge on any atom is -0.452 e. The van der Waals surface area contributed by atoms with Gasteiger partial charge in [-0.25, -0.2) is 4.79 Å². The third kappa shape index (κ3) is 6.80. The van der Waals surface area contributed by atoms with Crippen molar-refractivity contribution in [3.05, 3.63) is 104 Å². The van der Waals surface area contributed by atoms with E-state index < -0.39 is 29.6 Å². The largest absolute Gasteiger partial charge is 0.452 e. The van der Waals surface area contributed by atoms with Crippen molar-refractivity contribution in [3.63, 3.8) is 0 Å². The molecule has 3 aromatic carbocycles. The Morgan fingerprint density at radius 3 is 2.38 bits per heavy atom. The number of carbonyl (C=O) groups is 4. The molecule has 7 nitrogen and oxygen atoms in total. The Balaban J connectivity index is 1.34. The van der Waals surface area contributed by atoms with E-state index in [2.05, 4.69) is 5.32 Å². The molecule has 0 radical (unpaired) electrons. The lowest BCUT2D eigenvalue weighted by Crippen LogP contribution is -2.27. The number of hydrogen-bond acceptors (Lipinski definition) is 6. The lowest BCUT2D eigenvalue weighted by atomic mass is 10.1. The van der Waals surface area contributed by atoms with E-state index in [0.717, 1.165) is 22.2 Å². The predicted octanol–water partition coefficient (Wildman–Crippen LogP) is 6.33. The molecule has 0 bridgehead atoms. The number of imide groups is 1. The fourth-order valence-electron chi connectivity index (χ4n) is 3.37. The molecule has 0 aromatic heterocycles. The van der Waals surface area contributed by atoms with Crippen LogP contribution < -0.4 is 5.32 Å². The van der Waals surface area contributed by atoms with Gasteiger partial charge in [-0.2, -0.15) is 0 Å². The molecular formula is C27H20Cl2N2O5S. The average Bonchev–Trinajstić information content (AvgIpc) is 3.13. The summed E-state index contributed by atoms with van der Waals surface area (Å²) >= 11 is 12.9. The number of aryl methyl sites for hydroxylation is 1. The van der Waals surface area contributed by atoms with Gasteiger partial charge in [-0.15, -0.1) is 0 Å². The van der Waals surface area contributed by atoms with Crippen molar-refractivity contribution in [2.45, 2.75) is 13.5 Å². The zero-order chi connectivity index (χ0) is 26.5. The molecule has 0 saturated carbocycles. The molecule has 0 atom stereocenters. The molecule has 37 heavy (non-hydrogen) atoms. The van der Waals surface area contributed by atoms with Crippen molar-refractivity contribution >= 4 is 69.8 Å². The number of benzene rings is 3. The van der Waals surface area contributed by atoms with Crippen molar-refractivity contribution in [1.29, 1.82) is 0 Å². The van der Waals surface area contributed by atoms with Gasteiger partial charge in [0.2, 0.25) is 0 Å². The normalized spacial score (nSPS) is 14.2. The van der Waals surface area contributed by atoms with Gasteiger partial charge in [-0.1, -0.05) is 59.1 Å². The van der Waals surface area contributed by atoms with E-state index in [0.29, 0.717) is 26.9 Å². The Labute approximate surface area is 227 Å². The number of nitrogens with zero attached hydrogens (tertiary/aromatic N) is 1. The van der Waals surface area contributed by atoms with E-state index in [1.54, 1.807) is 48.5 Å². The van der Waals surface area contributed by atoms with Gasteiger partial charge in [0.25, 0.3) is 17.1 Å². The maximum Gasteiger partial charge on any atom is 0.338 e. The highest BCUT2D eigenvalue weighted by molar-refractivity contribution is 8.18. The summed E-state index contributed by atoms with van der Waals surface area (Å²) in [6.07, 6.45) is 1.57. The molecule has 1 saturated heterocycles. The van der Waals surface area contributed by atoms with Crippen LogP contribution in [0.1, 0.15) is 27.0 Å². The van der Waals surface area contributed by atoms with Crippen LogP contribution in [0, 0.1) is 6.92 Å². The van der Waals surface area contributed by atoms with Crippen molar-refractivity contribution < 1.29 is 23.9 Å². The first-order valence-electron chi connectivity index (χ1n) is 11.0. The number of esters is 1. The van der Waals surface area contributed by atoms with Crippen LogP contribution in [0.15, 0.2) is 71.6 Å². The van der Waals surface area contributed by atoms with Gasteiger partial charge in [0.05, 0.1) is 17.0 Å². The Hall–Kier alpha value is -3.59. The Morgan fingerprint density at radius 1 is 1.00 bits per heavy atom. The highest BCUT2D eigenvalue weighted by Gasteiger charge is 2.35. The van der Waals surface area contributed by atoms with Crippen LogP contribution >= 0.6 is 35.0 Å².